The van der Waals surface area contributed by atoms with Crippen molar-refractivity contribution >= 4 is 23.4 Å². The molecule has 154 valence electrons. The molecule has 8 heteroatoms. The summed E-state index contributed by atoms with van der Waals surface area (Å²) in [6, 6.07) is 10.2. The Kier molecular flexibility index (Phi) is 5.91. The normalized spacial score (nSPS) is 14.4. The summed E-state index contributed by atoms with van der Waals surface area (Å²) < 4.78 is 10.2. The fourth-order valence-electron chi connectivity index (χ4n) is 3.12. The fraction of sp³-hybridized carbons (Fsp3) is 0.381. The molecule has 1 fully saturated rings. The van der Waals surface area contributed by atoms with E-state index >= 15 is 0 Å². The molecule has 0 bridgehead atoms. The number of furan rings is 1. The number of methoxy groups -OCH3 is 1. The van der Waals surface area contributed by atoms with Gasteiger partial charge in [0.05, 0.1) is 13.4 Å². The third-order valence-electron chi connectivity index (χ3n) is 5.04. The lowest BCUT2D eigenvalue weighted by Crippen LogP contribution is -2.55. The molecule has 0 atom stereocenters. The van der Waals surface area contributed by atoms with E-state index in [2.05, 4.69) is 5.32 Å². The molecule has 8 nitrogen and oxygen atoms in total. The Balaban J connectivity index is 1.58. The van der Waals surface area contributed by atoms with E-state index in [9.17, 15) is 14.4 Å². The molecule has 1 aromatic carbocycles. The number of amides is 3. The highest BCUT2D eigenvalue weighted by Gasteiger charge is 2.40. The Hall–Kier alpha value is -3.29. The topological polar surface area (TPSA) is 92.1 Å². The van der Waals surface area contributed by atoms with Crippen molar-refractivity contribution in [1.82, 2.24) is 9.80 Å². The van der Waals surface area contributed by atoms with Gasteiger partial charge < -0.3 is 24.3 Å². The Morgan fingerprint density at radius 2 is 1.62 bits per heavy atom. The van der Waals surface area contributed by atoms with Crippen molar-refractivity contribution in [3.8, 4) is 5.75 Å². The van der Waals surface area contributed by atoms with Gasteiger partial charge in [-0.05, 0) is 50.2 Å². The number of hydrogen-bond donors (Lipinski definition) is 1. The summed E-state index contributed by atoms with van der Waals surface area (Å²) in [6.45, 7) is 4.72. The number of anilines is 1. The van der Waals surface area contributed by atoms with Crippen molar-refractivity contribution in [2.75, 3.05) is 38.6 Å². The van der Waals surface area contributed by atoms with Gasteiger partial charge in [-0.1, -0.05) is 0 Å². The number of ether oxygens (including phenoxy) is 1. The highest BCUT2D eigenvalue weighted by molar-refractivity contribution is 6.09. The predicted molar refractivity (Wildman–Crippen MR) is 107 cm³/mol. The molecule has 0 radical (unpaired) electrons. The van der Waals surface area contributed by atoms with E-state index in [0.29, 0.717) is 37.6 Å². The van der Waals surface area contributed by atoms with Gasteiger partial charge in [0.25, 0.3) is 5.91 Å². The van der Waals surface area contributed by atoms with Crippen LogP contribution in [0, 0.1) is 5.41 Å². The molecular weight excluding hydrogens is 374 g/mol. The molecule has 0 unspecified atom stereocenters. The number of nitrogens with one attached hydrogen (secondary N) is 1. The molecule has 29 heavy (non-hydrogen) atoms. The quantitative estimate of drug-likeness (QED) is 0.779. The van der Waals surface area contributed by atoms with E-state index in [-0.39, 0.29) is 23.5 Å². The van der Waals surface area contributed by atoms with E-state index in [1.54, 1.807) is 67.2 Å². The minimum atomic E-state index is -1.24. The van der Waals surface area contributed by atoms with E-state index in [0.717, 1.165) is 0 Å². The lowest BCUT2D eigenvalue weighted by atomic mass is 9.89. The zero-order valence-corrected chi connectivity index (χ0v) is 16.8. The molecule has 0 saturated carbocycles. The van der Waals surface area contributed by atoms with E-state index in [4.69, 9.17) is 9.15 Å². The summed E-state index contributed by atoms with van der Waals surface area (Å²) in [4.78, 5) is 41.3. The number of nitrogens with zero attached hydrogens (tertiary/aromatic N) is 2. The van der Waals surface area contributed by atoms with Gasteiger partial charge in [0.1, 0.15) is 11.2 Å². The molecule has 1 aliphatic rings. The zero-order chi connectivity index (χ0) is 21.0. The molecule has 0 spiro atoms. The first-order valence-corrected chi connectivity index (χ1v) is 9.40. The maximum atomic E-state index is 13.0. The van der Waals surface area contributed by atoms with Crippen LogP contribution in [0.1, 0.15) is 24.4 Å². The molecule has 2 heterocycles. The first-order chi connectivity index (χ1) is 13.8. The summed E-state index contributed by atoms with van der Waals surface area (Å²) in [5.74, 6) is 0.109. The highest BCUT2D eigenvalue weighted by atomic mass is 16.5. The summed E-state index contributed by atoms with van der Waals surface area (Å²) in [5.41, 5.74) is -0.654. The minimum Gasteiger partial charge on any atom is -0.497 e. The van der Waals surface area contributed by atoms with Gasteiger partial charge in [-0.3, -0.25) is 14.4 Å². The second kappa shape index (κ2) is 8.38. The standard InChI is InChI=1S/C21H25N3O5/c1-21(2,19(26)22-15-6-8-16(28-3)9-7-15)20(27)24-12-10-23(11-13-24)18(25)17-5-4-14-29-17/h4-9,14H,10-13H2,1-3H3,(H,22,26). The molecule has 1 saturated heterocycles. The van der Waals surface area contributed by atoms with Gasteiger partial charge in [0, 0.05) is 31.9 Å². The van der Waals surface area contributed by atoms with Gasteiger partial charge in [0.2, 0.25) is 11.8 Å². The SMILES string of the molecule is COc1ccc(NC(=O)C(C)(C)C(=O)N2CCN(C(=O)c3ccco3)CC2)cc1. The van der Waals surface area contributed by atoms with E-state index in [1.165, 1.54) is 6.26 Å². The van der Waals surface area contributed by atoms with E-state index < -0.39 is 5.41 Å². The Morgan fingerprint density at radius 3 is 2.17 bits per heavy atom. The fourth-order valence-corrected chi connectivity index (χ4v) is 3.12. The van der Waals surface area contributed by atoms with Crippen molar-refractivity contribution in [3.63, 3.8) is 0 Å². The number of rotatable bonds is 5. The number of benzene rings is 1. The molecular formula is C21H25N3O5. The van der Waals surface area contributed by atoms with Gasteiger partial charge in [-0.25, -0.2) is 0 Å². The van der Waals surface area contributed by atoms with Gasteiger partial charge >= 0.3 is 0 Å². The van der Waals surface area contributed by atoms with Crippen molar-refractivity contribution < 1.29 is 23.5 Å². The van der Waals surface area contributed by atoms with Crippen LogP contribution in [0.5, 0.6) is 5.75 Å². The van der Waals surface area contributed by atoms with Crippen molar-refractivity contribution in [1.29, 1.82) is 0 Å². The molecule has 2 aromatic rings. The van der Waals surface area contributed by atoms with Crippen LogP contribution in [0.3, 0.4) is 0 Å². The Morgan fingerprint density at radius 1 is 1.00 bits per heavy atom. The first kappa shape index (κ1) is 20.4. The molecule has 3 rings (SSSR count). The number of hydrogen-bond acceptors (Lipinski definition) is 5. The Labute approximate surface area is 169 Å². The van der Waals surface area contributed by atoms with Crippen LogP contribution in [0.2, 0.25) is 0 Å². The second-order valence-corrected chi connectivity index (χ2v) is 7.37. The van der Waals surface area contributed by atoms with Gasteiger partial charge in [0.15, 0.2) is 5.76 Å². The third kappa shape index (κ3) is 4.42. The van der Waals surface area contributed by atoms with Crippen LogP contribution in [-0.2, 0) is 9.59 Å². The van der Waals surface area contributed by atoms with Crippen LogP contribution in [0.15, 0.2) is 47.1 Å². The summed E-state index contributed by atoms with van der Waals surface area (Å²) in [7, 11) is 1.57. The van der Waals surface area contributed by atoms with Crippen LogP contribution >= 0.6 is 0 Å². The number of carbonyl (C=O) groups is 3. The molecule has 0 aliphatic carbocycles. The van der Waals surface area contributed by atoms with E-state index in [1.807, 2.05) is 0 Å². The monoisotopic (exact) mass is 399 g/mol. The number of carbonyl (C=O) groups excluding carboxylic acids is 3. The van der Waals surface area contributed by atoms with Crippen molar-refractivity contribution in [3.05, 3.63) is 48.4 Å². The van der Waals surface area contributed by atoms with Crippen molar-refractivity contribution in [2.45, 2.75) is 13.8 Å². The largest absolute Gasteiger partial charge is 0.497 e. The van der Waals surface area contributed by atoms with Gasteiger partial charge in [-0.2, -0.15) is 0 Å². The van der Waals surface area contributed by atoms with Crippen LogP contribution in [-0.4, -0.2) is 60.8 Å². The molecule has 3 amide bonds. The molecule has 1 aliphatic heterocycles. The van der Waals surface area contributed by atoms with Crippen LogP contribution in [0.25, 0.3) is 0 Å². The second-order valence-electron chi connectivity index (χ2n) is 7.37. The van der Waals surface area contributed by atoms with Crippen LogP contribution < -0.4 is 10.1 Å². The first-order valence-electron chi connectivity index (χ1n) is 9.40. The minimum absolute atomic E-state index is 0.196. The lowest BCUT2D eigenvalue weighted by molar-refractivity contribution is -0.147. The summed E-state index contributed by atoms with van der Waals surface area (Å²) in [5, 5.41) is 2.78. The number of piperazine rings is 1. The predicted octanol–water partition coefficient (Wildman–Crippen LogP) is 2.24. The van der Waals surface area contributed by atoms with Crippen molar-refractivity contribution in [2.24, 2.45) is 5.41 Å². The highest BCUT2D eigenvalue weighted by Crippen LogP contribution is 2.24. The maximum Gasteiger partial charge on any atom is 0.289 e. The molecule has 1 N–H and O–H groups in total. The smallest absolute Gasteiger partial charge is 0.289 e. The summed E-state index contributed by atoms with van der Waals surface area (Å²) in [6.07, 6.45) is 1.46. The third-order valence-corrected chi connectivity index (χ3v) is 5.04. The zero-order valence-electron chi connectivity index (χ0n) is 16.8. The average molecular weight is 399 g/mol. The maximum absolute atomic E-state index is 13.0. The average Bonchev–Trinajstić information content (AvgIpc) is 3.28. The lowest BCUT2D eigenvalue weighted by Gasteiger charge is -2.37. The van der Waals surface area contributed by atoms with Crippen LogP contribution in [0.4, 0.5) is 5.69 Å². The summed E-state index contributed by atoms with van der Waals surface area (Å²) >= 11 is 0. The molecule has 1 aromatic heterocycles. The van der Waals surface area contributed by atoms with Gasteiger partial charge in [-0.15, -0.1) is 0 Å². The Bertz CT molecular complexity index is 866.